The van der Waals surface area contributed by atoms with Crippen molar-refractivity contribution < 1.29 is 56.3 Å². The predicted molar refractivity (Wildman–Crippen MR) is 114 cm³/mol. The van der Waals surface area contributed by atoms with Gasteiger partial charge in [-0.15, -0.1) is 6.42 Å². The summed E-state index contributed by atoms with van der Waals surface area (Å²) in [7, 11) is -16.8. The first-order chi connectivity index (χ1) is 16.0. The van der Waals surface area contributed by atoms with Crippen LogP contribution in [0.5, 0.6) is 0 Å². The van der Waals surface area contributed by atoms with Gasteiger partial charge in [-0.2, -0.15) is 13.6 Å². The molecular weight excluding hydrogens is 537 g/mol. The SMILES string of the molecule is C#CC1(N)C(CO)[C@@H]([C@H](C)OP(=O)(O)OP(=O)(O)OP(=O)(O)O)O[C@H]1n1cnc2cnc(N)nc21. The van der Waals surface area contributed by atoms with Gasteiger partial charge in [0.25, 0.3) is 0 Å². The van der Waals surface area contributed by atoms with E-state index in [-0.39, 0.29) is 11.6 Å². The van der Waals surface area contributed by atoms with Crippen LogP contribution in [-0.4, -0.2) is 68.6 Å². The van der Waals surface area contributed by atoms with Crippen LogP contribution in [0.4, 0.5) is 5.95 Å². The van der Waals surface area contributed by atoms with Crippen molar-refractivity contribution in [3.8, 4) is 12.3 Å². The quantitative estimate of drug-likeness (QED) is 0.143. The topological polar surface area (TPSA) is 285 Å². The molecule has 35 heavy (non-hydrogen) atoms. The van der Waals surface area contributed by atoms with Crippen LogP contribution in [0, 0.1) is 18.3 Å². The Kier molecular flexibility index (Phi) is 7.60. The number of anilines is 1. The maximum Gasteiger partial charge on any atom is 0.490 e. The summed E-state index contributed by atoms with van der Waals surface area (Å²) in [6, 6.07) is 0. The number of aliphatic hydroxyl groups excluding tert-OH is 1. The van der Waals surface area contributed by atoms with Crippen LogP contribution in [0.25, 0.3) is 11.2 Å². The molecule has 21 heteroatoms. The van der Waals surface area contributed by atoms with Gasteiger partial charge < -0.3 is 40.9 Å². The van der Waals surface area contributed by atoms with Gasteiger partial charge >= 0.3 is 23.5 Å². The molecule has 0 amide bonds. The number of phosphoric ester groups is 1. The third-order valence-electron chi connectivity index (χ3n) is 4.92. The van der Waals surface area contributed by atoms with Gasteiger partial charge in [0.15, 0.2) is 11.9 Å². The molecule has 2 aromatic heterocycles. The monoisotopic (exact) mass is 558 g/mol. The van der Waals surface area contributed by atoms with Crippen molar-refractivity contribution in [3.63, 3.8) is 0 Å². The number of hydrogen-bond acceptors (Lipinski definition) is 13. The van der Waals surface area contributed by atoms with E-state index in [2.05, 4.69) is 29.5 Å². The Bertz CT molecular complexity index is 1290. The second kappa shape index (κ2) is 9.58. The summed E-state index contributed by atoms with van der Waals surface area (Å²) in [4.78, 5) is 48.4. The Morgan fingerprint density at radius 2 is 1.91 bits per heavy atom. The molecule has 2 aromatic rings. The van der Waals surface area contributed by atoms with E-state index < -0.39 is 60.0 Å². The first-order valence-corrected chi connectivity index (χ1v) is 13.8. The molecule has 0 aliphatic carbocycles. The minimum Gasteiger partial charge on any atom is -0.396 e. The Balaban J connectivity index is 1.90. The molecule has 1 saturated heterocycles. The summed E-state index contributed by atoms with van der Waals surface area (Å²) < 4.78 is 54.0. The number of nitrogen functional groups attached to an aromatic ring is 1. The molecule has 0 radical (unpaired) electrons. The zero-order valence-corrected chi connectivity index (χ0v) is 20.3. The van der Waals surface area contributed by atoms with Crippen molar-refractivity contribution >= 4 is 40.6 Å². The fourth-order valence-electron chi connectivity index (χ4n) is 3.56. The van der Waals surface area contributed by atoms with E-state index in [1.807, 2.05) is 0 Å². The van der Waals surface area contributed by atoms with Crippen LogP contribution < -0.4 is 11.5 Å². The number of imidazole rings is 1. The Hall–Kier alpha value is -1.80. The van der Waals surface area contributed by atoms with Crippen molar-refractivity contribution in [2.45, 2.75) is 30.9 Å². The average Bonchev–Trinajstić information content (AvgIpc) is 3.22. The van der Waals surface area contributed by atoms with Crippen molar-refractivity contribution in [1.29, 1.82) is 0 Å². The summed E-state index contributed by atoms with van der Waals surface area (Å²) in [5.41, 5.74) is 10.7. The van der Waals surface area contributed by atoms with Crippen LogP contribution in [0.15, 0.2) is 12.5 Å². The fourth-order valence-corrected chi connectivity index (χ4v) is 6.76. The molecule has 0 bridgehead atoms. The molecule has 0 saturated carbocycles. The molecule has 0 aromatic carbocycles. The highest BCUT2D eigenvalue weighted by molar-refractivity contribution is 7.66. The Labute approximate surface area is 196 Å². The van der Waals surface area contributed by atoms with Crippen LogP contribution in [-0.2, 0) is 31.6 Å². The van der Waals surface area contributed by atoms with Crippen LogP contribution >= 0.6 is 23.5 Å². The molecule has 1 aliphatic heterocycles. The first-order valence-electron chi connectivity index (χ1n) is 9.32. The van der Waals surface area contributed by atoms with Crippen LogP contribution in [0.2, 0.25) is 0 Å². The maximum absolute atomic E-state index is 12.2. The number of hydrogen-bond donors (Lipinski definition) is 7. The summed E-state index contributed by atoms with van der Waals surface area (Å²) >= 11 is 0. The largest absolute Gasteiger partial charge is 0.490 e. The first kappa shape index (κ1) is 27.8. The van der Waals surface area contributed by atoms with E-state index in [0.717, 1.165) is 6.92 Å². The van der Waals surface area contributed by atoms with Gasteiger partial charge in [0, 0.05) is 5.92 Å². The van der Waals surface area contributed by atoms with Crippen molar-refractivity contribution in [2.24, 2.45) is 11.7 Å². The molecule has 1 aliphatic rings. The van der Waals surface area contributed by atoms with E-state index in [9.17, 15) is 28.6 Å². The normalized spacial score (nSPS) is 29.4. The second-order valence-corrected chi connectivity index (χ2v) is 11.7. The number of rotatable bonds is 9. The minimum atomic E-state index is -5.75. The zero-order valence-electron chi connectivity index (χ0n) is 17.6. The number of nitrogens with two attached hydrogens (primary N) is 2. The molecule has 7 atom stereocenters. The highest BCUT2D eigenvalue weighted by atomic mass is 31.3. The summed E-state index contributed by atoms with van der Waals surface area (Å²) in [6.07, 6.45) is 4.15. The number of ether oxygens (including phenoxy) is 1. The number of terminal acetylenes is 1. The lowest BCUT2D eigenvalue weighted by molar-refractivity contribution is -0.0656. The molecule has 194 valence electrons. The molecular formula is C14H21N6O12P3. The highest BCUT2D eigenvalue weighted by Crippen LogP contribution is 2.66. The second-order valence-electron chi connectivity index (χ2n) is 7.31. The summed E-state index contributed by atoms with van der Waals surface area (Å²) in [5.74, 6) is 1.09. The molecule has 3 rings (SSSR count). The number of nitrogens with zero attached hydrogens (tertiary/aromatic N) is 4. The molecule has 4 unspecified atom stereocenters. The van der Waals surface area contributed by atoms with E-state index in [1.165, 1.54) is 17.1 Å². The number of fused-ring (bicyclic) bond motifs is 1. The van der Waals surface area contributed by atoms with Gasteiger partial charge in [0.1, 0.15) is 11.1 Å². The maximum atomic E-state index is 12.2. The number of phosphoric acid groups is 3. The fraction of sp³-hybridized carbons (Fsp3) is 0.500. The van der Waals surface area contributed by atoms with Gasteiger partial charge in [0.05, 0.1) is 31.3 Å². The standard InChI is InChI=1S/C14H21N6O12P3/c1-3-14(16)8(5-21)10(7(2)30-34(25,26)32-35(27,28)31-33(22,23)24)29-12(14)20-6-18-9-4-17-13(15)19-11(9)20/h1,4,6-8,10,12,21H,5,16H2,2H3,(H,25,26)(H,27,28)(H2,15,17,19)(H2,22,23,24)/t7-,8?,10+,12+,14?/m0/s1. The lowest BCUT2D eigenvalue weighted by atomic mass is 9.82. The predicted octanol–water partition coefficient (Wildman–Crippen LogP) is -1.02. The Morgan fingerprint density at radius 1 is 1.26 bits per heavy atom. The lowest BCUT2D eigenvalue weighted by Gasteiger charge is -2.30. The van der Waals surface area contributed by atoms with Crippen molar-refractivity contribution in [1.82, 2.24) is 19.5 Å². The zero-order chi connectivity index (χ0) is 26.4. The Morgan fingerprint density at radius 3 is 2.49 bits per heavy atom. The van der Waals surface area contributed by atoms with Crippen molar-refractivity contribution in [2.75, 3.05) is 12.3 Å². The third-order valence-corrected chi connectivity index (χ3v) is 8.84. The van der Waals surface area contributed by atoms with E-state index in [0.29, 0.717) is 5.52 Å². The smallest absolute Gasteiger partial charge is 0.396 e. The van der Waals surface area contributed by atoms with Gasteiger partial charge in [0.2, 0.25) is 5.95 Å². The molecule has 1 fully saturated rings. The molecule has 18 nitrogen and oxygen atoms in total. The summed E-state index contributed by atoms with van der Waals surface area (Å²) in [6.45, 7) is 0.465. The van der Waals surface area contributed by atoms with E-state index >= 15 is 0 Å². The molecule has 0 spiro atoms. The molecule has 3 heterocycles. The van der Waals surface area contributed by atoms with E-state index in [1.54, 1.807) is 0 Å². The van der Waals surface area contributed by atoms with Crippen LogP contribution in [0.3, 0.4) is 0 Å². The average molecular weight is 558 g/mol. The van der Waals surface area contributed by atoms with Gasteiger partial charge in [-0.1, -0.05) is 5.92 Å². The number of aromatic nitrogens is 4. The molecule has 9 N–H and O–H groups in total. The van der Waals surface area contributed by atoms with Gasteiger partial charge in [-0.25, -0.2) is 23.7 Å². The summed E-state index contributed by atoms with van der Waals surface area (Å²) in [5, 5.41) is 10.0. The van der Waals surface area contributed by atoms with Crippen molar-refractivity contribution in [3.05, 3.63) is 12.5 Å². The van der Waals surface area contributed by atoms with Gasteiger partial charge in [-0.05, 0) is 6.92 Å². The van der Waals surface area contributed by atoms with E-state index in [4.69, 9.17) is 36.9 Å². The number of aliphatic hydroxyl groups is 1. The minimum absolute atomic E-state index is 0.100. The van der Waals surface area contributed by atoms with Gasteiger partial charge in [-0.3, -0.25) is 9.09 Å². The highest BCUT2D eigenvalue weighted by Gasteiger charge is 2.57. The van der Waals surface area contributed by atoms with Crippen LogP contribution in [0.1, 0.15) is 13.2 Å². The third kappa shape index (κ3) is 5.96. The lowest BCUT2D eigenvalue weighted by Crippen LogP contribution is -2.52.